The number of thiazole rings is 1. The number of nitrogens with zero attached hydrogens (tertiary/aromatic N) is 1. The maximum absolute atomic E-state index is 6.29. The van der Waals surface area contributed by atoms with Crippen LogP contribution in [0.2, 0.25) is 0 Å². The lowest BCUT2D eigenvalue weighted by molar-refractivity contribution is 0.709. The number of rotatable bonds is 3. The van der Waals surface area contributed by atoms with E-state index in [0.717, 1.165) is 18.5 Å². The first-order valence-electron chi connectivity index (χ1n) is 7.15. The summed E-state index contributed by atoms with van der Waals surface area (Å²) in [5, 5.41) is 3.56. The first kappa shape index (κ1) is 13.8. The fourth-order valence-electron chi connectivity index (χ4n) is 2.59. The molecular formula is C17H18ClNS. The van der Waals surface area contributed by atoms with Gasteiger partial charge in [-0.3, -0.25) is 0 Å². The second-order valence-electron chi connectivity index (χ2n) is 5.26. The predicted octanol–water partition coefficient (Wildman–Crippen LogP) is 5.46. The molecule has 1 aliphatic rings. The smallest absolute Gasteiger partial charge is 0.0973 e. The lowest BCUT2D eigenvalue weighted by atomic mass is 10.1. The summed E-state index contributed by atoms with van der Waals surface area (Å²) in [6.45, 7) is 0. The number of hydrogen-bond donors (Lipinski definition) is 0. The lowest BCUT2D eigenvalue weighted by Crippen LogP contribution is -1.94. The highest BCUT2D eigenvalue weighted by Gasteiger charge is 2.12. The summed E-state index contributed by atoms with van der Waals surface area (Å²) in [6, 6.07) is 10.4. The summed E-state index contributed by atoms with van der Waals surface area (Å²) < 4.78 is 0. The molecule has 0 N–H and O–H groups in total. The second kappa shape index (κ2) is 6.55. The Morgan fingerprint density at radius 2 is 2.05 bits per heavy atom. The maximum atomic E-state index is 6.29. The van der Waals surface area contributed by atoms with Crippen molar-refractivity contribution in [3.05, 3.63) is 52.4 Å². The third kappa shape index (κ3) is 3.50. The highest BCUT2D eigenvalue weighted by Crippen LogP contribution is 2.27. The summed E-state index contributed by atoms with van der Waals surface area (Å²) in [5.74, 6) is 0. The van der Waals surface area contributed by atoms with Crippen LogP contribution in [0.1, 0.15) is 30.7 Å². The van der Waals surface area contributed by atoms with E-state index in [0.29, 0.717) is 0 Å². The van der Waals surface area contributed by atoms with Crippen molar-refractivity contribution in [2.45, 2.75) is 37.5 Å². The van der Waals surface area contributed by atoms with Crippen molar-refractivity contribution in [1.29, 1.82) is 0 Å². The summed E-state index contributed by atoms with van der Waals surface area (Å²) in [6.07, 6.45) is 7.98. The molecule has 1 aromatic carbocycles. The van der Waals surface area contributed by atoms with Gasteiger partial charge in [0, 0.05) is 17.4 Å². The second-order valence-corrected chi connectivity index (χ2v) is 6.76. The fourth-order valence-corrected chi connectivity index (χ4v) is 3.78. The highest BCUT2D eigenvalue weighted by atomic mass is 35.5. The van der Waals surface area contributed by atoms with Crippen molar-refractivity contribution >= 4 is 22.9 Å². The molecule has 0 fully saturated rings. The van der Waals surface area contributed by atoms with Crippen LogP contribution in [-0.4, -0.2) is 10.4 Å². The molecular weight excluding hydrogens is 286 g/mol. The van der Waals surface area contributed by atoms with Gasteiger partial charge in [-0.05, 0) is 19.3 Å². The Morgan fingerprint density at radius 1 is 1.20 bits per heavy atom. The Morgan fingerprint density at radius 3 is 2.90 bits per heavy atom. The summed E-state index contributed by atoms with van der Waals surface area (Å²) in [4.78, 5) is 4.76. The number of halogens is 1. The van der Waals surface area contributed by atoms with Gasteiger partial charge in [-0.25, -0.2) is 4.98 Å². The van der Waals surface area contributed by atoms with Gasteiger partial charge in [-0.1, -0.05) is 48.4 Å². The number of allylic oxidation sites excluding steroid dienone is 2. The van der Waals surface area contributed by atoms with Gasteiger partial charge >= 0.3 is 0 Å². The SMILES string of the molecule is ClC1C=C(Cc2nc(-c3ccccc3)cs2)CCCC1. The van der Waals surface area contributed by atoms with E-state index in [2.05, 4.69) is 35.7 Å². The van der Waals surface area contributed by atoms with Crippen LogP contribution in [0.25, 0.3) is 11.3 Å². The quantitative estimate of drug-likeness (QED) is 0.542. The average molecular weight is 304 g/mol. The van der Waals surface area contributed by atoms with E-state index in [9.17, 15) is 0 Å². The van der Waals surface area contributed by atoms with Gasteiger partial charge in [-0.15, -0.1) is 22.9 Å². The zero-order chi connectivity index (χ0) is 13.8. The zero-order valence-corrected chi connectivity index (χ0v) is 13.0. The molecule has 1 nitrogen and oxygen atoms in total. The van der Waals surface area contributed by atoms with Crippen molar-refractivity contribution in [2.75, 3.05) is 0 Å². The van der Waals surface area contributed by atoms with Crippen LogP contribution in [0.5, 0.6) is 0 Å². The van der Waals surface area contributed by atoms with Crippen LogP contribution in [0.15, 0.2) is 47.4 Å². The molecule has 0 aliphatic heterocycles. The van der Waals surface area contributed by atoms with Crippen LogP contribution >= 0.6 is 22.9 Å². The van der Waals surface area contributed by atoms with E-state index in [1.165, 1.54) is 35.4 Å². The molecule has 1 unspecified atom stereocenters. The zero-order valence-electron chi connectivity index (χ0n) is 11.4. The molecule has 0 amide bonds. The predicted molar refractivity (Wildman–Crippen MR) is 87.4 cm³/mol. The molecule has 0 radical (unpaired) electrons. The first-order chi connectivity index (χ1) is 9.81. The van der Waals surface area contributed by atoms with E-state index in [1.807, 2.05) is 6.07 Å². The molecule has 3 rings (SSSR count). The Labute approximate surface area is 129 Å². The molecule has 0 saturated carbocycles. The molecule has 1 aromatic heterocycles. The molecule has 20 heavy (non-hydrogen) atoms. The minimum Gasteiger partial charge on any atom is -0.241 e. The third-order valence-electron chi connectivity index (χ3n) is 3.64. The van der Waals surface area contributed by atoms with Crippen molar-refractivity contribution in [3.63, 3.8) is 0 Å². The number of benzene rings is 1. The summed E-state index contributed by atoms with van der Waals surface area (Å²) >= 11 is 8.04. The number of alkyl halides is 1. The minimum absolute atomic E-state index is 0.209. The van der Waals surface area contributed by atoms with Gasteiger partial charge in [0.1, 0.15) is 0 Å². The van der Waals surface area contributed by atoms with Gasteiger partial charge in [-0.2, -0.15) is 0 Å². The van der Waals surface area contributed by atoms with Crippen LogP contribution in [-0.2, 0) is 6.42 Å². The van der Waals surface area contributed by atoms with E-state index < -0.39 is 0 Å². The molecule has 3 heteroatoms. The monoisotopic (exact) mass is 303 g/mol. The van der Waals surface area contributed by atoms with Gasteiger partial charge in [0.15, 0.2) is 0 Å². The van der Waals surface area contributed by atoms with Crippen molar-refractivity contribution in [2.24, 2.45) is 0 Å². The Hall–Kier alpha value is -1.12. The topological polar surface area (TPSA) is 12.9 Å². The van der Waals surface area contributed by atoms with Crippen molar-refractivity contribution in [1.82, 2.24) is 4.98 Å². The standard InChI is InChI=1S/C17H18ClNS/c18-15-9-5-4-6-13(10-15)11-17-19-16(12-20-17)14-7-2-1-3-8-14/h1-3,7-8,10,12,15H,4-6,9,11H2. The molecule has 0 saturated heterocycles. The number of aromatic nitrogens is 1. The Balaban J connectivity index is 1.74. The van der Waals surface area contributed by atoms with Crippen LogP contribution in [0.4, 0.5) is 0 Å². The normalized spacial score (nSPS) is 19.4. The van der Waals surface area contributed by atoms with Crippen LogP contribution in [0, 0.1) is 0 Å². The van der Waals surface area contributed by atoms with E-state index in [-0.39, 0.29) is 5.38 Å². The third-order valence-corrected chi connectivity index (χ3v) is 4.84. The summed E-state index contributed by atoms with van der Waals surface area (Å²) in [7, 11) is 0. The first-order valence-corrected chi connectivity index (χ1v) is 8.46. The van der Waals surface area contributed by atoms with Gasteiger partial charge in [0.25, 0.3) is 0 Å². The molecule has 0 spiro atoms. The van der Waals surface area contributed by atoms with E-state index in [4.69, 9.17) is 16.6 Å². The van der Waals surface area contributed by atoms with Crippen molar-refractivity contribution < 1.29 is 0 Å². The van der Waals surface area contributed by atoms with Gasteiger partial charge in [0.2, 0.25) is 0 Å². The molecule has 1 aliphatic carbocycles. The molecule has 104 valence electrons. The molecule has 1 heterocycles. The van der Waals surface area contributed by atoms with Gasteiger partial charge in [0.05, 0.1) is 16.1 Å². The largest absolute Gasteiger partial charge is 0.241 e. The Kier molecular flexibility index (Phi) is 4.54. The number of hydrogen-bond acceptors (Lipinski definition) is 2. The van der Waals surface area contributed by atoms with Crippen LogP contribution in [0.3, 0.4) is 0 Å². The molecule has 1 atom stereocenters. The Bertz CT molecular complexity index is 588. The van der Waals surface area contributed by atoms with Crippen LogP contribution < -0.4 is 0 Å². The highest BCUT2D eigenvalue weighted by molar-refractivity contribution is 7.10. The minimum atomic E-state index is 0.209. The van der Waals surface area contributed by atoms with Crippen molar-refractivity contribution in [3.8, 4) is 11.3 Å². The molecule has 2 aromatic rings. The average Bonchev–Trinajstić information content (AvgIpc) is 2.83. The summed E-state index contributed by atoms with van der Waals surface area (Å²) in [5.41, 5.74) is 3.73. The lowest BCUT2D eigenvalue weighted by Gasteiger charge is -2.03. The fraction of sp³-hybridized carbons (Fsp3) is 0.353. The van der Waals surface area contributed by atoms with E-state index >= 15 is 0 Å². The van der Waals surface area contributed by atoms with E-state index in [1.54, 1.807) is 11.3 Å². The maximum Gasteiger partial charge on any atom is 0.0973 e. The molecule has 0 bridgehead atoms. The van der Waals surface area contributed by atoms with Gasteiger partial charge < -0.3 is 0 Å².